The fourth-order valence-corrected chi connectivity index (χ4v) is 2.18. The van der Waals surface area contributed by atoms with Crippen molar-refractivity contribution in [3.63, 3.8) is 0 Å². The lowest BCUT2D eigenvalue weighted by Gasteiger charge is -2.08. The number of rotatable bonds is 6. The topological polar surface area (TPSA) is 62.1 Å². The van der Waals surface area contributed by atoms with Crippen LogP contribution in [0.3, 0.4) is 0 Å². The first-order valence-electron chi connectivity index (χ1n) is 7.15. The van der Waals surface area contributed by atoms with Gasteiger partial charge in [0.15, 0.2) is 0 Å². The molecule has 5 heteroatoms. The van der Waals surface area contributed by atoms with Crippen LogP contribution in [0.2, 0.25) is 0 Å². The molecule has 1 N–H and O–H groups in total. The number of nitrogens with zero attached hydrogens (tertiary/aromatic N) is 1. The van der Waals surface area contributed by atoms with Crippen molar-refractivity contribution in [3.8, 4) is 11.8 Å². The van der Waals surface area contributed by atoms with Crippen LogP contribution in [0.25, 0.3) is 6.08 Å². The van der Waals surface area contributed by atoms with Crippen LogP contribution < -0.4 is 10.1 Å². The molecule has 0 heterocycles. The van der Waals surface area contributed by atoms with Gasteiger partial charge in [0, 0.05) is 15.7 Å². The van der Waals surface area contributed by atoms with Crippen LogP contribution in [-0.2, 0) is 4.79 Å². The van der Waals surface area contributed by atoms with Gasteiger partial charge in [-0.05, 0) is 36.4 Å². The normalized spacial score (nSPS) is 10.6. The number of ether oxygens (including phenoxy) is 1. The minimum atomic E-state index is -0.474. The van der Waals surface area contributed by atoms with E-state index in [0.717, 1.165) is 4.47 Å². The number of nitrogens with one attached hydrogen (secondary N) is 1. The van der Waals surface area contributed by atoms with Crippen molar-refractivity contribution < 1.29 is 9.53 Å². The van der Waals surface area contributed by atoms with Crippen LogP contribution in [0, 0.1) is 11.3 Å². The van der Waals surface area contributed by atoms with Crippen LogP contribution in [0.1, 0.15) is 5.56 Å². The Morgan fingerprint density at radius 3 is 2.62 bits per heavy atom. The van der Waals surface area contributed by atoms with Gasteiger partial charge in [-0.15, -0.1) is 0 Å². The lowest BCUT2D eigenvalue weighted by atomic mass is 10.1. The molecule has 1 amide bonds. The van der Waals surface area contributed by atoms with E-state index in [2.05, 4.69) is 27.8 Å². The summed E-state index contributed by atoms with van der Waals surface area (Å²) >= 11 is 3.33. The minimum Gasteiger partial charge on any atom is -0.489 e. The standard InChI is InChI=1S/C19H15BrN2O2/c1-2-11-24-18-6-4-3-5-14(18)12-15(13-21)19(23)22-17-9-7-16(20)8-10-17/h2-10,12H,1,11H2,(H,22,23)/b15-12+. The second-order valence-electron chi connectivity index (χ2n) is 4.77. The summed E-state index contributed by atoms with van der Waals surface area (Å²) in [6, 6.07) is 16.2. The van der Waals surface area contributed by atoms with Crippen LogP contribution in [0.15, 0.2) is 71.2 Å². The first-order valence-corrected chi connectivity index (χ1v) is 7.95. The number of carbonyl (C=O) groups excluding carboxylic acids is 1. The second-order valence-corrected chi connectivity index (χ2v) is 5.68. The molecule has 2 aromatic carbocycles. The van der Waals surface area contributed by atoms with E-state index in [1.807, 2.05) is 30.3 Å². The number of halogens is 1. The number of benzene rings is 2. The average molecular weight is 383 g/mol. The third-order valence-corrected chi connectivity index (χ3v) is 3.57. The molecule has 0 radical (unpaired) electrons. The molecule has 0 aliphatic heterocycles. The number of amides is 1. The predicted molar refractivity (Wildman–Crippen MR) is 98.5 cm³/mol. The summed E-state index contributed by atoms with van der Waals surface area (Å²) in [6.07, 6.45) is 3.14. The van der Waals surface area contributed by atoms with E-state index in [1.54, 1.807) is 30.3 Å². The predicted octanol–water partition coefficient (Wildman–Crippen LogP) is 4.56. The molecular weight excluding hydrogens is 368 g/mol. The minimum absolute atomic E-state index is 0.00688. The van der Waals surface area contributed by atoms with Crippen molar-refractivity contribution in [1.82, 2.24) is 0 Å². The van der Waals surface area contributed by atoms with Crippen molar-refractivity contribution in [2.24, 2.45) is 0 Å². The van der Waals surface area contributed by atoms with Gasteiger partial charge in [-0.2, -0.15) is 5.26 Å². The largest absolute Gasteiger partial charge is 0.489 e. The lowest BCUT2D eigenvalue weighted by molar-refractivity contribution is -0.112. The van der Waals surface area contributed by atoms with E-state index in [4.69, 9.17) is 4.74 Å². The number of hydrogen-bond donors (Lipinski definition) is 1. The Kier molecular flexibility index (Phi) is 6.35. The van der Waals surface area contributed by atoms with Crippen LogP contribution >= 0.6 is 15.9 Å². The second kappa shape index (κ2) is 8.70. The number of nitriles is 1. The first-order chi connectivity index (χ1) is 11.6. The number of para-hydroxylation sites is 1. The SMILES string of the molecule is C=CCOc1ccccc1/C=C(\C#N)C(=O)Nc1ccc(Br)cc1. The fourth-order valence-electron chi connectivity index (χ4n) is 1.92. The summed E-state index contributed by atoms with van der Waals surface area (Å²) in [7, 11) is 0. The zero-order chi connectivity index (χ0) is 17.4. The highest BCUT2D eigenvalue weighted by molar-refractivity contribution is 9.10. The molecule has 0 aromatic heterocycles. The fraction of sp³-hybridized carbons (Fsp3) is 0.0526. The molecule has 0 atom stereocenters. The monoisotopic (exact) mass is 382 g/mol. The van der Waals surface area contributed by atoms with E-state index in [1.165, 1.54) is 6.08 Å². The third kappa shape index (κ3) is 4.83. The highest BCUT2D eigenvalue weighted by atomic mass is 79.9. The van der Waals surface area contributed by atoms with Gasteiger partial charge in [-0.25, -0.2) is 0 Å². The molecular formula is C19H15BrN2O2. The summed E-state index contributed by atoms with van der Waals surface area (Å²) in [5.74, 6) is 0.111. The Hall–Kier alpha value is -2.84. The van der Waals surface area contributed by atoms with Gasteiger partial charge in [0.1, 0.15) is 24.0 Å². The van der Waals surface area contributed by atoms with Gasteiger partial charge >= 0.3 is 0 Å². The average Bonchev–Trinajstić information content (AvgIpc) is 2.60. The molecule has 4 nitrogen and oxygen atoms in total. The number of carbonyl (C=O) groups is 1. The molecule has 0 bridgehead atoms. The lowest BCUT2D eigenvalue weighted by Crippen LogP contribution is -2.13. The van der Waals surface area contributed by atoms with E-state index in [9.17, 15) is 10.1 Å². The van der Waals surface area contributed by atoms with E-state index in [-0.39, 0.29) is 5.57 Å². The summed E-state index contributed by atoms with van der Waals surface area (Å²) in [6.45, 7) is 3.95. The van der Waals surface area contributed by atoms with Gasteiger partial charge in [-0.1, -0.05) is 46.8 Å². The molecule has 24 heavy (non-hydrogen) atoms. The maximum Gasteiger partial charge on any atom is 0.266 e. The summed E-state index contributed by atoms with van der Waals surface area (Å²) in [4.78, 5) is 12.3. The molecule has 0 aliphatic rings. The van der Waals surface area contributed by atoms with Crippen LogP contribution in [-0.4, -0.2) is 12.5 Å². The van der Waals surface area contributed by atoms with Crippen molar-refractivity contribution in [2.45, 2.75) is 0 Å². The summed E-state index contributed by atoms with van der Waals surface area (Å²) < 4.78 is 6.44. The Balaban J connectivity index is 2.22. The highest BCUT2D eigenvalue weighted by Gasteiger charge is 2.11. The Labute approximate surface area is 149 Å². The Morgan fingerprint density at radius 1 is 1.25 bits per heavy atom. The number of anilines is 1. The van der Waals surface area contributed by atoms with Crippen molar-refractivity contribution in [1.29, 1.82) is 5.26 Å². The molecule has 0 unspecified atom stereocenters. The van der Waals surface area contributed by atoms with Crippen molar-refractivity contribution in [2.75, 3.05) is 11.9 Å². The van der Waals surface area contributed by atoms with E-state index in [0.29, 0.717) is 23.6 Å². The highest BCUT2D eigenvalue weighted by Crippen LogP contribution is 2.22. The van der Waals surface area contributed by atoms with Crippen molar-refractivity contribution in [3.05, 3.63) is 76.8 Å². The maximum absolute atomic E-state index is 12.3. The molecule has 0 fully saturated rings. The van der Waals surface area contributed by atoms with Gasteiger partial charge in [-0.3, -0.25) is 4.79 Å². The molecule has 120 valence electrons. The molecule has 2 aromatic rings. The Morgan fingerprint density at radius 2 is 1.96 bits per heavy atom. The zero-order valence-electron chi connectivity index (χ0n) is 12.8. The van der Waals surface area contributed by atoms with Crippen LogP contribution in [0.5, 0.6) is 5.75 Å². The van der Waals surface area contributed by atoms with Gasteiger partial charge in [0.2, 0.25) is 0 Å². The quantitative estimate of drug-likeness (QED) is 0.452. The zero-order valence-corrected chi connectivity index (χ0v) is 14.4. The molecule has 0 spiro atoms. The summed E-state index contributed by atoms with van der Waals surface area (Å²) in [5.41, 5.74) is 1.26. The molecule has 0 aliphatic carbocycles. The van der Waals surface area contributed by atoms with E-state index >= 15 is 0 Å². The smallest absolute Gasteiger partial charge is 0.266 e. The Bertz CT molecular complexity index is 805. The van der Waals surface area contributed by atoms with Crippen molar-refractivity contribution >= 4 is 33.6 Å². The van der Waals surface area contributed by atoms with E-state index < -0.39 is 5.91 Å². The van der Waals surface area contributed by atoms with Gasteiger partial charge in [0.25, 0.3) is 5.91 Å². The first kappa shape index (κ1) is 17.5. The molecule has 0 saturated carbocycles. The summed E-state index contributed by atoms with van der Waals surface area (Å²) in [5, 5.41) is 12.0. The molecule has 2 rings (SSSR count). The molecule has 0 saturated heterocycles. The van der Waals surface area contributed by atoms with Gasteiger partial charge < -0.3 is 10.1 Å². The third-order valence-electron chi connectivity index (χ3n) is 3.04. The van der Waals surface area contributed by atoms with Crippen LogP contribution in [0.4, 0.5) is 5.69 Å². The number of hydrogen-bond acceptors (Lipinski definition) is 3. The van der Waals surface area contributed by atoms with Gasteiger partial charge in [0.05, 0.1) is 0 Å². The maximum atomic E-state index is 12.3.